The van der Waals surface area contributed by atoms with Gasteiger partial charge >= 0.3 is 0 Å². The molecule has 0 saturated heterocycles. The normalized spacial score (nSPS) is 13.4. The molecule has 2 rings (SSSR count). The minimum Gasteiger partial charge on any atom is -0.324 e. The number of carbonyl (C=O) groups excluding carboxylic acids is 1. The topological polar surface area (TPSA) is 41.1 Å². The maximum atomic E-state index is 12.4. The summed E-state index contributed by atoms with van der Waals surface area (Å²) in [4.78, 5) is 12.4. The van der Waals surface area contributed by atoms with Crippen LogP contribution in [0.4, 0.5) is 5.69 Å². The van der Waals surface area contributed by atoms with Crippen molar-refractivity contribution in [2.75, 3.05) is 5.32 Å². The van der Waals surface area contributed by atoms with Crippen LogP contribution in [0.3, 0.4) is 0 Å². The molecule has 3 nitrogen and oxygen atoms in total. The minimum atomic E-state index is -0.359. The van der Waals surface area contributed by atoms with Crippen LogP contribution in [0.25, 0.3) is 0 Å². The Labute approximate surface area is 147 Å². The second-order valence-corrected chi connectivity index (χ2v) is 6.41. The van der Waals surface area contributed by atoms with Crippen molar-refractivity contribution in [1.82, 2.24) is 5.32 Å². The molecule has 2 aromatic rings. The molecule has 2 atom stereocenters. The minimum absolute atomic E-state index is 0.00917. The molecule has 0 aliphatic carbocycles. The molecule has 0 bridgehead atoms. The summed E-state index contributed by atoms with van der Waals surface area (Å²) in [5.41, 5.74) is 2.63. The van der Waals surface area contributed by atoms with Gasteiger partial charge in [0.25, 0.3) is 0 Å². The highest BCUT2D eigenvalue weighted by atomic mass is 35.5. The lowest BCUT2D eigenvalue weighted by molar-refractivity contribution is -0.117. The van der Waals surface area contributed by atoms with Crippen LogP contribution < -0.4 is 10.6 Å². The Morgan fingerprint density at radius 1 is 1.09 bits per heavy atom. The molecule has 0 fully saturated rings. The summed E-state index contributed by atoms with van der Waals surface area (Å²) in [5.74, 6) is -0.107. The molecule has 0 heterocycles. The standard InChI is InChI=1S/C18H20Cl2N2O/c1-11-16(20)8-5-9-17(11)22-18(23)13(3)21-12(2)14-6-4-7-15(19)10-14/h4-10,12-13,21H,1-3H3,(H,22,23). The molecule has 2 aromatic carbocycles. The van der Waals surface area contributed by atoms with Crippen LogP contribution in [0.15, 0.2) is 42.5 Å². The van der Waals surface area contributed by atoms with Gasteiger partial charge in [0.2, 0.25) is 5.91 Å². The number of hydrogen-bond donors (Lipinski definition) is 2. The smallest absolute Gasteiger partial charge is 0.241 e. The highest BCUT2D eigenvalue weighted by molar-refractivity contribution is 6.31. The lowest BCUT2D eigenvalue weighted by Gasteiger charge is -2.20. The van der Waals surface area contributed by atoms with E-state index in [0.29, 0.717) is 10.0 Å². The van der Waals surface area contributed by atoms with E-state index in [0.717, 1.165) is 16.8 Å². The third kappa shape index (κ3) is 4.71. The third-order valence-electron chi connectivity index (χ3n) is 3.77. The first kappa shape index (κ1) is 17.8. The van der Waals surface area contributed by atoms with Crippen molar-refractivity contribution in [2.45, 2.75) is 32.9 Å². The van der Waals surface area contributed by atoms with Gasteiger partial charge in [-0.05, 0) is 56.2 Å². The van der Waals surface area contributed by atoms with Crippen molar-refractivity contribution in [2.24, 2.45) is 0 Å². The van der Waals surface area contributed by atoms with Gasteiger partial charge in [0.05, 0.1) is 6.04 Å². The zero-order chi connectivity index (χ0) is 17.0. The van der Waals surface area contributed by atoms with Crippen molar-refractivity contribution in [3.05, 3.63) is 63.6 Å². The zero-order valence-electron chi connectivity index (χ0n) is 13.4. The summed E-state index contributed by atoms with van der Waals surface area (Å²) in [6.07, 6.45) is 0. The van der Waals surface area contributed by atoms with Gasteiger partial charge in [0, 0.05) is 21.8 Å². The van der Waals surface area contributed by atoms with Crippen LogP contribution in [0.5, 0.6) is 0 Å². The molecule has 0 aliphatic rings. The van der Waals surface area contributed by atoms with E-state index in [4.69, 9.17) is 23.2 Å². The number of carbonyl (C=O) groups is 1. The number of nitrogens with one attached hydrogen (secondary N) is 2. The summed E-state index contributed by atoms with van der Waals surface area (Å²) in [6.45, 7) is 5.71. The van der Waals surface area contributed by atoms with E-state index in [1.54, 1.807) is 6.07 Å². The molecule has 0 aromatic heterocycles. The lowest BCUT2D eigenvalue weighted by atomic mass is 10.1. The molecule has 2 N–H and O–H groups in total. The van der Waals surface area contributed by atoms with Gasteiger partial charge < -0.3 is 5.32 Å². The fraction of sp³-hybridized carbons (Fsp3) is 0.278. The van der Waals surface area contributed by atoms with E-state index in [1.807, 2.05) is 57.2 Å². The van der Waals surface area contributed by atoms with Gasteiger partial charge in [-0.3, -0.25) is 10.1 Å². The van der Waals surface area contributed by atoms with E-state index in [1.165, 1.54) is 0 Å². The van der Waals surface area contributed by atoms with E-state index in [2.05, 4.69) is 10.6 Å². The highest BCUT2D eigenvalue weighted by Gasteiger charge is 2.17. The van der Waals surface area contributed by atoms with Crippen molar-refractivity contribution in [1.29, 1.82) is 0 Å². The molecule has 5 heteroatoms. The van der Waals surface area contributed by atoms with Gasteiger partial charge in [0.1, 0.15) is 0 Å². The molecule has 0 saturated carbocycles. The first-order valence-electron chi connectivity index (χ1n) is 7.46. The van der Waals surface area contributed by atoms with Crippen LogP contribution in [-0.2, 0) is 4.79 Å². The van der Waals surface area contributed by atoms with Crippen molar-refractivity contribution in [3.8, 4) is 0 Å². The summed E-state index contributed by atoms with van der Waals surface area (Å²) in [5, 5.41) is 7.50. The summed E-state index contributed by atoms with van der Waals surface area (Å²) >= 11 is 12.1. The predicted molar refractivity (Wildman–Crippen MR) is 97.3 cm³/mol. The monoisotopic (exact) mass is 350 g/mol. The fourth-order valence-corrected chi connectivity index (χ4v) is 2.68. The summed E-state index contributed by atoms with van der Waals surface area (Å²) < 4.78 is 0. The maximum Gasteiger partial charge on any atom is 0.241 e. The van der Waals surface area contributed by atoms with E-state index in [-0.39, 0.29) is 18.0 Å². The predicted octanol–water partition coefficient (Wildman–Crippen LogP) is 4.98. The first-order chi connectivity index (χ1) is 10.9. The molecule has 1 amide bonds. The van der Waals surface area contributed by atoms with Crippen molar-refractivity contribution in [3.63, 3.8) is 0 Å². The van der Waals surface area contributed by atoms with E-state index >= 15 is 0 Å². The first-order valence-corrected chi connectivity index (χ1v) is 8.21. The van der Waals surface area contributed by atoms with Crippen molar-refractivity contribution < 1.29 is 4.79 Å². The number of rotatable bonds is 5. The van der Waals surface area contributed by atoms with E-state index in [9.17, 15) is 4.79 Å². The molecular weight excluding hydrogens is 331 g/mol. The average Bonchev–Trinajstić information content (AvgIpc) is 2.51. The number of anilines is 1. The molecule has 2 unspecified atom stereocenters. The average molecular weight is 351 g/mol. The van der Waals surface area contributed by atoms with Crippen LogP contribution in [-0.4, -0.2) is 11.9 Å². The van der Waals surface area contributed by atoms with Gasteiger partial charge in [0.15, 0.2) is 0 Å². The van der Waals surface area contributed by atoms with Gasteiger partial charge in [-0.25, -0.2) is 0 Å². The molecular formula is C18H20Cl2N2O. The Bertz CT molecular complexity index is 703. The number of halogens is 2. The molecule has 0 radical (unpaired) electrons. The Morgan fingerprint density at radius 3 is 2.48 bits per heavy atom. The van der Waals surface area contributed by atoms with Gasteiger partial charge in [-0.2, -0.15) is 0 Å². The van der Waals surface area contributed by atoms with Gasteiger partial charge in [-0.1, -0.05) is 41.4 Å². The van der Waals surface area contributed by atoms with Crippen LogP contribution >= 0.6 is 23.2 Å². The largest absolute Gasteiger partial charge is 0.324 e. The van der Waals surface area contributed by atoms with Gasteiger partial charge in [-0.15, -0.1) is 0 Å². The third-order valence-corrected chi connectivity index (χ3v) is 4.41. The van der Waals surface area contributed by atoms with Crippen LogP contribution in [0, 0.1) is 6.92 Å². The van der Waals surface area contributed by atoms with Crippen molar-refractivity contribution >= 4 is 34.8 Å². The molecule has 23 heavy (non-hydrogen) atoms. The number of hydrogen-bond acceptors (Lipinski definition) is 2. The van der Waals surface area contributed by atoms with Crippen LogP contribution in [0.1, 0.15) is 31.0 Å². The SMILES string of the molecule is Cc1c(Cl)cccc1NC(=O)C(C)NC(C)c1cccc(Cl)c1. The Balaban J connectivity index is 2.01. The molecule has 0 spiro atoms. The summed E-state index contributed by atoms with van der Waals surface area (Å²) in [7, 11) is 0. The second kappa shape index (κ2) is 7.82. The van der Waals surface area contributed by atoms with E-state index < -0.39 is 0 Å². The quantitative estimate of drug-likeness (QED) is 0.798. The Kier molecular flexibility index (Phi) is 6.05. The molecule has 122 valence electrons. The lowest BCUT2D eigenvalue weighted by Crippen LogP contribution is -2.39. The number of benzene rings is 2. The summed E-state index contributed by atoms with van der Waals surface area (Å²) in [6, 6.07) is 12.7. The fourth-order valence-electron chi connectivity index (χ4n) is 2.31. The van der Waals surface area contributed by atoms with Crippen LogP contribution in [0.2, 0.25) is 10.0 Å². The number of amides is 1. The molecule has 0 aliphatic heterocycles. The maximum absolute atomic E-state index is 12.4. The Morgan fingerprint density at radius 2 is 1.78 bits per heavy atom. The second-order valence-electron chi connectivity index (χ2n) is 5.57. The zero-order valence-corrected chi connectivity index (χ0v) is 14.9. The Hall–Kier alpha value is -1.55. The highest BCUT2D eigenvalue weighted by Crippen LogP contribution is 2.23.